The first-order valence-corrected chi connectivity index (χ1v) is 7.91. The quantitative estimate of drug-likeness (QED) is 0.906. The van der Waals surface area contributed by atoms with E-state index in [4.69, 9.17) is 16.3 Å². The van der Waals surface area contributed by atoms with Gasteiger partial charge in [-0.25, -0.2) is 0 Å². The maximum atomic E-state index is 6.01. The van der Waals surface area contributed by atoms with Crippen molar-refractivity contribution in [2.75, 3.05) is 13.2 Å². The number of para-hydroxylation sites is 1. The predicted octanol–water partition coefficient (Wildman–Crippen LogP) is 4.36. The zero-order valence-electron chi connectivity index (χ0n) is 12.2. The van der Waals surface area contributed by atoms with Gasteiger partial charge >= 0.3 is 0 Å². The number of fused-ring (bicyclic) bond motifs is 1. The van der Waals surface area contributed by atoms with Crippen molar-refractivity contribution in [3.63, 3.8) is 0 Å². The molecule has 1 heterocycles. The largest absolute Gasteiger partial charge is 0.493 e. The number of aryl methyl sites for hydroxylation is 1. The summed E-state index contributed by atoms with van der Waals surface area (Å²) in [5.41, 5.74) is 3.75. The van der Waals surface area contributed by atoms with Crippen LogP contribution < -0.4 is 10.1 Å². The Hall–Kier alpha value is -1.51. The Morgan fingerprint density at radius 1 is 1.19 bits per heavy atom. The third-order valence-electron chi connectivity index (χ3n) is 3.89. The van der Waals surface area contributed by atoms with Crippen molar-refractivity contribution >= 4 is 11.6 Å². The van der Waals surface area contributed by atoms with Crippen molar-refractivity contribution in [1.82, 2.24) is 5.32 Å². The molecule has 3 rings (SSSR count). The molecule has 1 aliphatic heterocycles. The number of hydrogen-bond acceptors (Lipinski definition) is 2. The molecular formula is C18H20ClNO. The monoisotopic (exact) mass is 301 g/mol. The second-order valence-corrected chi connectivity index (χ2v) is 5.77. The lowest BCUT2D eigenvalue weighted by Gasteiger charge is -2.26. The second kappa shape index (κ2) is 6.50. The highest BCUT2D eigenvalue weighted by molar-refractivity contribution is 6.30. The van der Waals surface area contributed by atoms with Gasteiger partial charge in [0, 0.05) is 10.6 Å². The Kier molecular flexibility index (Phi) is 4.47. The van der Waals surface area contributed by atoms with Gasteiger partial charge in [-0.2, -0.15) is 0 Å². The minimum Gasteiger partial charge on any atom is -0.493 e. The summed E-state index contributed by atoms with van der Waals surface area (Å²) in [6.45, 7) is 3.83. The van der Waals surface area contributed by atoms with Crippen LogP contribution in [0.3, 0.4) is 0 Å². The maximum absolute atomic E-state index is 6.01. The first-order chi connectivity index (χ1) is 10.3. The summed E-state index contributed by atoms with van der Waals surface area (Å²) in [7, 11) is 0. The molecule has 2 nitrogen and oxygen atoms in total. The number of rotatable bonds is 4. The predicted molar refractivity (Wildman–Crippen MR) is 87.2 cm³/mol. The van der Waals surface area contributed by atoms with Gasteiger partial charge in [-0.05, 0) is 42.6 Å². The van der Waals surface area contributed by atoms with Gasteiger partial charge in [0.15, 0.2) is 0 Å². The van der Waals surface area contributed by atoms with E-state index in [0.29, 0.717) is 0 Å². The Morgan fingerprint density at radius 3 is 2.76 bits per heavy atom. The van der Waals surface area contributed by atoms with Crippen LogP contribution in [0, 0.1) is 0 Å². The van der Waals surface area contributed by atoms with Crippen LogP contribution in [-0.2, 0) is 6.42 Å². The van der Waals surface area contributed by atoms with Crippen LogP contribution in [0.1, 0.15) is 36.1 Å². The van der Waals surface area contributed by atoms with Gasteiger partial charge in [-0.3, -0.25) is 0 Å². The first kappa shape index (κ1) is 14.4. The topological polar surface area (TPSA) is 21.3 Å². The van der Waals surface area contributed by atoms with Crippen molar-refractivity contribution in [1.29, 1.82) is 0 Å². The third-order valence-corrected chi connectivity index (χ3v) is 4.14. The van der Waals surface area contributed by atoms with Gasteiger partial charge in [0.2, 0.25) is 0 Å². The summed E-state index contributed by atoms with van der Waals surface area (Å²) in [5.74, 6) is 1.06. The van der Waals surface area contributed by atoms with E-state index in [1.165, 1.54) is 16.7 Å². The summed E-state index contributed by atoms with van der Waals surface area (Å²) in [5, 5.41) is 4.33. The van der Waals surface area contributed by atoms with E-state index in [1.807, 2.05) is 12.1 Å². The molecule has 3 heteroatoms. The fraction of sp³-hybridized carbons (Fsp3) is 0.333. The fourth-order valence-electron chi connectivity index (χ4n) is 2.91. The van der Waals surface area contributed by atoms with Crippen LogP contribution in [-0.4, -0.2) is 13.2 Å². The lowest BCUT2D eigenvalue weighted by Crippen LogP contribution is -2.24. The van der Waals surface area contributed by atoms with E-state index >= 15 is 0 Å². The summed E-state index contributed by atoms with van der Waals surface area (Å²) in [4.78, 5) is 0. The van der Waals surface area contributed by atoms with E-state index in [0.717, 1.165) is 36.8 Å². The van der Waals surface area contributed by atoms with Crippen LogP contribution >= 0.6 is 11.6 Å². The number of halogens is 1. The Morgan fingerprint density at radius 2 is 2.00 bits per heavy atom. The molecule has 0 aliphatic carbocycles. The molecule has 0 spiro atoms. The number of benzene rings is 2. The molecule has 0 fully saturated rings. The van der Waals surface area contributed by atoms with E-state index < -0.39 is 0 Å². The van der Waals surface area contributed by atoms with Gasteiger partial charge in [-0.15, -0.1) is 0 Å². The molecule has 2 aromatic carbocycles. The van der Waals surface area contributed by atoms with Crippen LogP contribution in [0.4, 0.5) is 0 Å². The van der Waals surface area contributed by atoms with Gasteiger partial charge in [-0.1, -0.05) is 48.9 Å². The van der Waals surface area contributed by atoms with Gasteiger partial charge < -0.3 is 10.1 Å². The van der Waals surface area contributed by atoms with Crippen molar-refractivity contribution in [3.05, 3.63) is 64.2 Å². The summed E-state index contributed by atoms with van der Waals surface area (Å²) < 4.78 is 5.96. The van der Waals surface area contributed by atoms with Crippen molar-refractivity contribution < 1.29 is 4.74 Å². The minimum absolute atomic E-state index is 0.139. The van der Waals surface area contributed by atoms with E-state index in [1.54, 1.807) is 0 Å². The molecule has 110 valence electrons. The first-order valence-electron chi connectivity index (χ1n) is 7.53. The Bertz CT molecular complexity index is 609. The lowest BCUT2D eigenvalue weighted by molar-refractivity contribution is 0.283. The number of ether oxygens (including phenoxy) is 1. The highest BCUT2D eigenvalue weighted by Gasteiger charge is 2.21. The number of hydrogen-bond donors (Lipinski definition) is 1. The SMILES string of the molecule is CCNC(c1ccc(Cl)cc1)c1cccc2c1OCCC2. The maximum Gasteiger partial charge on any atom is 0.127 e. The molecule has 0 saturated heterocycles. The normalized spacial score (nSPS) is 15.1. The third kappa shape index (κ3) is 3.07. The molecule has 1 atom stereocenters. The molecule has 0 bridgehead atoms. The molecular weight excluding hydrogens is 282 g/mol. The van der Waals surface area contributed by atoms with E-state index in [2.05, 4.69) is 42.6 Å². The van der Waals surface area contributed by atoms with Crippen molar-refractivity contribution in [2.24, 2.45) is 0 Å². The molecule has 0 aromatic heterocycles. The Labute approximate surface area is 131 Å². The van der Waals surface area contributed by atoms with E-state index in [-0.39, 0.29) is 6.04 Å². The fourth-order valence-corrected chi connectivity index (χ4v) is 3.03. The zero-order chi connectivity index (χ0) is 14.7. The van der Waals surface area contributed by atoms with Crippen LogP contribution in [0.5, 0.6) is 5.75 Å². The minimum atomic E-state index is 0.139. The van der Waals surface area contributed by atoms with Crippen LogP contribution in [0.25, 0.3) is 0 Å². The van der Waals surface area contributed by atoms with Crippen LogP contribution in [0.2, 0.25) is 5.02 Å². The smallest absolute Gasteiger partial charge is 0.127 e. The molecule has 0 radical (unpaired) electrons. The molecule has 0 amide bonds. The van der Waals surface area contributed by atoms with Crippen LogP contribution in [0.15, 0.2) is 42.5 Å². The second-order valence-electron chi connectivity index (χ2n) is 5.33. The average Bonchev–Trinajstić information content (AvgIpc) is 2.53. The summed E-state index contributed by atoms with van der Waals surface area (Å²) in [6, 6.07) is 14.6. The van der Waals surface area contributed by atoms with Gasteiger partial charge in [0.25, 0.3) is 0 Å². The molecule has 21 heavy (non-hydrogen) atoms. The summed E-state index contributed by atoms with van der Waals surface area (Å²) in [6.07, 6.45) is 2.20. The van der Waals surface area contributed by atoms with Crippen molar-refractivity contribution in [3.8, 4) is 5.75 Å². The van der Waals surface area contributed by atoms with E-state index in [9.17, 15) is 0 Å². The molecule has 1 unspecified atom stereocenters. The van der Waals surface area contributed by atoms with Gasteiger partial charge in [0.05, 0.1) is 12.6 Å². The Balaban J connectivity index is 2.03. The van der Waals surface area contributed by atoms with Crippen molar-refractivity contribution in [2.45, 2.75) is 25.8 Å². The highest BCUT2D eigenvalue weighted by atomic mass is 35.5. The highest BCUT2D eigenvalue weighted by Crippen LogP contribution is 2.35. The van der Waals surface area contributed by atoms with Gasteiger partial charge in [0.1, 0.15) is 5.75 Å². The lowest BCUT2D eigenvalue weighted by atomic mass is 9.93. The zero-order valence-corrected chi connectivity index (χ0v) is 13.0. The molecule has 1 N–H and O–H groups in total. The molecule has 1 aliphatic rings. The molecule has 2 aromatic rings. The number of nitrogens with one attached hydrogen (secondary N) is 1. The standard InChI is InChI=1S/C18H20ClNO/c1-2-20-17(13-8-10-15(19)11-9-13)16-7-3-5-14-6-4-12-21-18(14)16/h3,5,7-11,17,20H,2,4,6,12H2,1H3. The summed E-state index contributed by atoms with van der Waals surface area (Å²) >= 11 is 6.01. The average molecular weight is 302 g/mol. The molecule has 0 saturated carbocycles.